The summed E-state index contributed by atoms with van der Waals surface area (Å²) < 4.78 is 0. The summed E-state index contributed by atoms with van der Waals surface area (Å²) in [6.45, 7) is 5.41. The van der Waals surface area contributed by atoms with E-state index in [-0.39, 0.29) is 6.04 Å². The molecule has 1 unspecified atom stereocenters. The molecule has 0 radical (unpaired) electrons. The van der Waals surface area contributed by atoms with Gasteiger partial charge in [-0.15, -0.1) is 0 Å². The molecule has 0 fully saturated rings. The predicted octanol–water partition coefficient (Wildman–Crippen LogP) is 3.67. The van der Waals surface area contributed by atoms with Crippen molar-refractivity contribution in [3.8, 4) is 0 Å². The van der Waals surface area contributed by atoms with Gasteiger partial charge in [0.15, 0.2) is 0 Å². The van der Waals surface area contributed by atoms with E-state index in [4.69, 9.17) is 0 Å². The first-order valence-corrected chi connectivity index (χ1v) is 6.80. The molecule has 0 aliphatic heterocycles. The molecule has 0 saturated carbocycles. The van der Waals surface area contributed by atoms with Crippen LogP contribution in [-0.2, 0) is 6.42 Å². The van der Waals surface area contributed by atoms with Crippen molar-refractivity contribution in [3.05, 3.63) is 59.4 Å². The van der Waals surface area contributed by atoms with E-state index in [0.717, 1.165) is 19.4 Å². The maximum atomic E-state index is 3.59. The fourth-order valence-corrected chi connectivity index (χ4v) is 2.17. The molecule has 1 aromatic carbocycles. The number of aromatic nitrogens is 1. The molecule has 2 N–H and O–H groups in total. The summed E-state index contributed by atoms with van der Waals surface area (Å²) in [5, 5.41) is 3.59. The number of hydrogen-bond donors (Lipinski definition) is 2. The zero-order valence-corrected chi connectivity index (χ0v) is 11.2. The van der Waals surface area contributed by atoms with Crippen LogP contribution in [0.2, 0.25) is 0 Å². The minimum atomic E-state index is 0.269. The van der Waals surface area contributed by atoms with Gasteiger partial charge >= 0.3 is 0 Å². The second-order valence-electron chi connectivity index (χ2n) is 4.61. The average molecular weight is 242 g/mol. The van der Waals surface area contributed by atoms with E-state index < -0.39 is 0 Å². The molecule has 0 aliphatic rings. The average Bonchev–Trinajstić information content (AvgIpc) is 2.94. The number of rotatable bonds is 6. The summed E-state index contributed by atoms with van der Waals surface area (Å²) in [5.74, 6) is 0. The maximum absolute atomic E-state index is 3.59. The Morgan fingerprint density at radius 2 is 1.89 bits per heavy atom. The number of aryl methyl sites for hydroxylation is 1. The fourth-order valence-electron chi connectivity index (χ4n) is 2.17. The third kappa shape index (κ3) is 3.02. The van der Waals surface area contributed by atoms with Crippen LogP contribution in [0, 0.1) is 0 Å². The van der Waals surface area contributed by atoms with Gasteiger partial charge in [-0.05, 0) is 42.6 Å². The lowest BCUT2D eigenvalue weighted by Gasteiger charge is -2.18. The van der Waals surface area contributed by atoms with Crippen molar-refractivity contribution in [2.24, 2.45) is 0 Å². The number of nitrogens with one attached hydrogen (secondary N) is 2. The number of hydrogen-bond acceptors (Lipinski definition) is 1. The van der Waals surface area contributed by atoms with Gasteiger partial charge in [0.05, 0.1) is 6.04 Å². The lowest BCUT2D eigenvalue weighted by atomic mass is 10.0. The highest BCUT2D eigenvalue weighted by molar-refractivity contribution is 5.30. The Morgan fingerprint density at radius 3 is 2.44 bits per heavy atom. The highest BCUT2D eigenvalue weighted by Gasteiger charge is 2.13. The summed E-state index contributed by atoms with van der Waals surface area (Å²) in [4.78, 5) is 3.31. The standard InChI is InChI=1S/C16H22N2/c1-3-11-18-16(15-6-5-12-17-15)14-9-7-13(4-2)8-10-14/h5-10,12,16-18H,3-4,11H2,1-2H3. The number of aromatic amines is 1. The molecular formula is C16H22N2. The van der Waals surface area contributed by atoms with Crippen molar-refractivity contribution >= 4 is 0 Å². The SMILES string of the molecule is CCCNC(c1ccc(CC)cc1)c1ccc[nH]1. The van der Waals surface area contributed by atoms with Gasteiger partial charge in [-0.25, -0.2) is 0 Å². The zero-order valence-electron chi connectivity index (χ0n) is 11.2. The molecule has 1 aromatic heterocycles. The van der Waals surface area contributed by atoms with Crippen molar-refractivity contribution in [2.45, 2.75) is 32.7 Å². The molecule has 0 amide bonds. The molecule has 0 spiro atoms. The second kappa shape index (κ2) is 6.41. The van der Waals surface area contributed by atoms with Crippen LogP contribution in [0.25, 0.3) is 0 Å². The smallest absolute Gasteiger partial charge is 0.0729 e. The summed E-state index contributed by atoms with van der Waals surface area (Å²) in [7, 11) is 0. The number of benzene rings is 1. The first-order valence-electron chi connectivity index (χ1n) is 6.80. The summed E-state index contributed by atoms with van der Waals surface area (Å²) in [5.41, 5.74) is 3.94. The van der Waals surface area contributed by atoms with Crippen LogP contribution in [0.5, 0.6) is 0 Å². The molecule has 2 aromatic rings. The fraction of sp³-hybridized carbons (Fsp3) is 0.375. The maximum Gasteiger partial charge on any atom is 0.0729 e. The minimum absolute atomic E-state index is 0.269. The molecule has 2 rings (SSSR count). The molecule has 0 bridgehead atoms. The van der Waals surface area contributed by atoms with Gasteiger partial charge in [-0.3, -0.25) is 0 Å². The van der Waals surface area contributed by atoms with E-state index in [0.29, 0.717) is 0 Å². The van der Waals surface area contributed by atoms with Crippen LogP contribution in [0.4, 0.5) is 0 Å². The van der Waals surface area contributed by atoms with Crippen LogP contribution in [0.3, 0.4) is 0 Å². The van der Waals surface area contributed by atoms with E-state index in [1.807, 2.05) is 6.20 Å². The van der Waals surface area contributed by atoms with E-state index >= 15 is 0 Å². The van der Waals surface area contributed by atoms with E-state index in [1.165, 1.54) is 16.8 Å². The van der Waals surface area contributed by atoms with Gasteiger partial charge < -0.3 is 10.3 Å². The Labute approximate surface area is 109 Å². The van der Waals surface area contributed by atoms with Crippen molar-refractivity contribution in [1.29, 1.82) is 0 Å². The van der Waals surface area contributed by atoms with Gasteiger partial charge in [-0.2, -0.15) is 0 Å². The molecule has 1 atom stereocenters. The Morgan fingerprint density at radius 1 is 1.11 bits per heavy atom. The Kier molecular flexibility index (Phi) is 4.59. The molecule has 1 heterocycles. The van der Waals surface area contributed by atoms with Gasteiger partial charge in [0.2, 0.25) is 0 Å². The molecule has 96 valence electrons. The second-order valence-corrected chi connectivity index (χ2v) is 4.61. The largest absolute Gasteiger partial charge is 0.363 e. The quantitative estimate of drug-likeness (QED) is 0.795. The van der Waals surface area contributed by atoms with Crippen molar-refractivity contribution in [2.75, 3.05) is 6.54 Å². The summed E-state index contributed by atoms with van der Waals surface area (Å²) in [6, 6.07) is 13.4. The highest BCUT2D eigenvalue weighted by Crippen LogP contribution is 2.21. The van der Waals surface area contributed by atoms with E-state index in [1.54, 1.807) is 0 Å². The molecule has 2 heteroatoms. The molecule has 2 nitrogen and oxygen atoms in total. The lowest BCUT2D eigenvalue weighted by Crippen LogP contribution is -2.23. The van der Waals surface area contributed by atoms with E-state index in [2.05, 4.69) is 60.5 Å². The van der Waals surface area contributed by atoms with Gasteiger partial charge in [-0.1, -0.05) is 38.1 Å². The molecular weight excluding hydrogens is 220 g/mol. The third-order valence-corrected chi connectivity index (χ3v) is 3.25. The lowest BCUT2D eigenvalue weighted by molar-refractivity contribution is 0.588. The third-order valence-electron chi connectivity index (χ3n) is 3.25. The van der Waals surface area contributed by atoms with Gasteiger partial charge in [0.25, 0.3) is 0 Å². The summed E-state index contributed by atoms with van der Waals surface area (Å²) in [6.07, 6.45) is 4.22. The Balaban J connectivity index is 2.21. The monoisotopic (exact) mass is 242 g/mol. The van der Waals surface area contributed by atoms with Crippen molar-refractivity contribution in [3.63, 3.8) is 0 Å². The highest BCUT2D eigenvalue weighted by atomic mass is 14.9. The first kappa shape index (κ1) is 12.9. The van der Waals surface area contributed by atoms with Crippen LogP contribution in [0.1, 0.15) is 43.1 Å². The minimum Gasteiger partial charge on any atom is -0.363 e. The van der Waals surface area contributed by atoms with Crippen molar-refractivity contribution < 1.29 is 0 Å². The summed E-state index contributed by atoms with van der Waals surface area (Å²) >= 11 is 0. The van der Waals surface area contributed by atoms with Crippen LogP contribution in [0.15, 0.2) is 42.6 Å². The van der Waals surface area contributed by atoms with E-state index in [9.17, 15) is 0 Å². The zero-order chi connectivity index (χ0) is 12.8. The van der Waals surface area contributed by atoms with Crippen molar-refractivity contribution in [1.82, 2.24) is 10.3 Å². The van der Waals surface area contributed by atoms with Crippen LogP contribution < -0.4 is 5.32 Å². The Hall–Kier alpha value is -1.54. The molecule has 0 aliphatic carbocycles. The topological polar surface area (TPSA) is 27.8 Å². The number of H-pyrrole nitrogens is 1. The molecule has 18 heavy (non-hydrogen) atoms. The molecule has 0 saturated heterocycles. The van der Waals surface area contributed by atoms with Crippen LogP contribution >= 0.6 is 0 Å². The predicted molar refractivity (Wildman–Crippen MR) is 76.7 cm³/mol. The first-order chi connectivity index (χ1) is 8.85. The normalized spacial score (nSPS) is 12.6. The van der Waals surface area contributed by atoms with Gasteiger partial charge in [0, 0.05) is 11.9 Å². The Bertz CT molecular complexity index is 442. The van der Waals surface area contributed by atoms with Crippen LogP contribution in [-0.4, -0.2) is 11.5 Å². The van der Waals surface area contributed by atoms with Gasteiger partial charge in [0.1, 0.15) is 0 Å².